The van der Waals surface area contributed by atoms with E-state index in [1.165, 1.54) is 0 Å². The number of thioether (sulfide) groups is 1. The number of carbonyl (C=O) groups excluding carboxylic acids is 1. The molecule has 3 aromatic rings. The molecule has 0 saturated carbocycles. The van der Waals surface area contributed by atoms with Crippen LogP contribution in [0, 0.1) is 0 Å². The third-order valence-electron chi connectivity index (χ3n) is 4.59. The van der Waals surface area contributed by atoms with Crippen LogP contribution in [0.15, 0.2) is 70.9 Å². The Balaban J connectivity index is 1.67. The number of benzene rings is 2. The lowest BCUT2D eigenvalue weighted by Crippen LogP contribution is -2.37. The molecular formula is C23H25N5O2S. The van der Waals surface area contributed by atoms with Gasteiger partial charge in [0.1, 0.15) is 5.60 Å². The van der Waals surface area contributed by atoms with Gasteiger partial charge in [-0.1, -0.05) is 72.4 Å². The second kappa shape index (κ2) is 8.93. The molecule has 7 nitrogen and oxygen atoms in total. The standard InChI is InChI=1S/C23H25N5O2S/c1-23(2,3)30-22(29)24-18(14-16-10-6-4-7-11-16)20-25-26-21-28(20)27-19(15-31-21)17-12-8-5-9-13-17/h4-13,18H,14-15H2,1-3H3,(H,24,29). The fraction of sp³-hybridized carbons (Fsp3) is 0.304. The number of carbonyl (C=O) groups is 1. The van der Waals surface area contributed by atoms with Gasteiger partial charge < -0.3 is 10.1 Å². The Morgan fingerprint density at radius 2 is 1.77 bits per heavy atom. The SMILES string of the molecule is CC(C)(C)OC(=O)NC(Cc1ccccc1)c1nnc2n1N=C(c1ccccc1)CS2. The maximum absolute atomic E-state index is 12.6. The van der Waals surface area contributed by atoms with Crippen LogP contribution in [0.25, 0.3) is 0 Å². The van der Waals surface area contributed by atoms with Crippen LogP contribution < -0.4 is 5.32 Å². The normalized spacial score (nSPS) is 14.4. The van der Waals surface area contributed by atoms with Gasteiger partial charge in [0.05, 0.1) is 11.8 Å². The van der Waals surface area contributed by atoms with Crippen molar-refractivity contribution in [2.75, 3.05) is 5.75 Å². The molecule has 1 N–H and O–H groups in total. The van der Waals surface area contributed by atoms with Gasteiger partial charge in [-0.05, 0) is 31.9 Å². The van der Waals surface area contributed by atoms with Gasteiger partial charge in [0, 0.05) is 12.2 Å². The van der Waals surface area contributed by atoms with Gasteiger partial charge in [0.15, 0.2) is 5.82 Å². The number of hydrogen-bond acceptors (Lipinski definition) is 6. The molecule has 31 heavy (non-hydrogen) atoms. The number of amides is 1. The molecule has 8 heteroatoms. The van der Waals surface area contributed by atoms with Crippen molar-refractivity contribution in [3.05, 3.63) is 77.6 Å². The van der Waals surface area contributed by atoms with E-state index in [4.69, 9.17) is 9.84 Å². The summed E-state index contributed by atoms with van der Waals surface area (Å²) in [7, 11) is 0. The summed E-state index contributed by atoms with van der Waals surface area (Å²) in [6, 6.07) is 19.5. The molecule has 0 fully saturated rings. The predicted molar refractivity (Wildman–Crippen MR) is 121 cm³/mol. The first-order valence-electron chi connectivity index (χ1n) is 10.1. The first-order chi connectivity index (χ1) is 14.9. The van der Waals surface area contributed by atoms with Crippen molar-refractivity contribution in [2.45, 2.75) is 44.0 Å². The number of ether oxygens (including phenoxy) is 1. The van der Waals surface area contributed by atoms with Crippen LogP contribution in [0.3, 0.4) is 0 Å². The zero-order chi connectivity index (χ0) is 21.8. The molecule has 0 saturated heterocycles. The number of alkyl carbamates (subject to hydrolysis) is 1. The minimum absolute atomic E-state index is 0.446. The summed E-state index contributed by atoms with van der Waals surface area (Å²) < 4.78 is 7.23. The van der Waals surface area contributed by atoms with Crippen molar-refractivity contribution in [1.82, 2.24) is 20.2 Å². The van der Waals surface area contributed by atoms with Crippen LogP contribution in [-0.4, -0.2) is 38.0 Å². The highest BCUT2D eigenvalue weighted by Crippen LogP contribution is 2.28. The summed E-state index contributed by atoms with van der Waals surface area (Å²) in [5.41, 5.74) is 2.46. The van der Waals surface area contributed by atoms with E-state index < -0.39 is 17.7 Å². The Morgan fingerprint density at radius 3 is 2.45 bits per heavy atom. The molecule has 1 aliphatic rings. The van der Waals surface area contributed by atoms with Crippen LogP contribution in [0.4, 0.5) is 4.79 Å². The average molecular weight is 436 g/mol. The molecule has 0 radical (unpaired) electrons. The summed E-state index contributed by atoms with van der Waals surface area (Å²) in [5, 5.41) is 17.2. The monoisotopic (exact) mass is 435 g/mol. The largest absolute Gasteiger partial charge is 0.444 e. The summed E-state index contributed by atoms with van der Waals surface area (Å²) in [6.45, 7) is 5.51. The second-order valence-electron chi connectivity index (χ2n) is 8.24. The van der Waals surface area contributed by atoms with Crippen molar-refractivity contribution >= 4 is 23.6 Å². The van der Waals surface area contributed by atoms with Crippen molar-refractivity contribution in [2.24, 2.45) is 5.10 Å². The number of fused-ring (bicyclic) bond motifs is 1. The molecule has 2 heterocycles. The lowest BCUT2D eigenvalue weighted by Gasteiger charge is -2.24. The quantitative estimate of drug-likeness (QED) is 0.641. The van der Waals surface area contributed by atoms with Crippen LogP contribution >= 0.6 is 11.8 Å². The molecule has 4 rings (SSSR count). The third-order valence-corrected chi connectivity index (χ3v) is 5.52. The minimum Gasteiger partial charge on any atom is -0.444 e. The molecule has 1 aromatic heterocycles. The first-order valence-corrected chi connectivity index (χ1v) is 11.1. The van der Waals surface area contributed by atoms with Gasteiger partial charge in [-0.25, -0.2) is 4.79 Å². The zero-order valence-electron chi connectivity index (χ0n) is 17.8. The number of nitrogens with one attached hydrogen (secondary N) is 1. The molecule has 1 unspecified atom stereocenters. The lowest BCUT2D eigenvalue weighted by molar-refractivity contribution is 0.0500. The van der Waals surface area contributed by atoms with Crippen LogP contribution in [-0.2, 0) is 11.2 Å². The van der Waals surface area contributed by atoms with Crippen molar-refractivity contribution in [3.63, 3.8) is 0 Å². The summed E-state index contributed by atoms with van der Waals surface area (Å²) in [6.07, 6.45) is 0.0421. The average Bonchev–Trinajstić information content (AvgIpc) is 3.16. The fourth-order valence-corrected chi connectivity index (χ4v) is 4.08. The van der Waals surface area contributed by atoms with E-state index in [2.05, 4.69) is 15.5 Å². The van der Waals surface area contributed by atoms with Crippen molar-refractivity contribution < 1.29 is 9.53 Å². The summed E-state index contributed by atoms with van der Waals surface area (Å²) >= 11 is 1.58. The number of rotatable bonds is 5. The van der Waals surface area contributed by atoms with E-state index in [-0.39, 0.29) is 0 Å². The second-order valence-corrected chi connectivity index (χ2v) is 9.19. The van der Waals surface area contributed by atoms with Crippen LogP contribution in [0.1, 0.15) is 43.8 Å². The highest BCUT2D eigenvalue weighted by Gasteiger charge is 2.28. The highest BCUT2D eigenvalue weighted by molar-refractivity contribution is 7.99. The van der Waals surface area contributed by atoms with E-state index in [0.717, 1.165) is 16.8 Å². The van der Waals surface area contributed by atoms with Gasteiger partial charge in [-0.2, -0.15) is 9.78 Å². The smallest absolute Gasteiger partial charge is 0.408 e. The number of nitrogens with zero attached hydrogens (tertiary/aromatic N) is 4. The summed E-state index contributed by atoms with van der Waals surface area (Å²) in [5.74, 6) is 1.29. The Hall–Kier alpha value is -3.13. The third kappa shape index (κ3) is 5.32. The lowest BCUT2D eigenvalue weighted by atomic mass is 10.1. The van der Waals surface area contributed by atoms with Gasteiger partial charge in [0.2, 0.25) is 5.16 Å². The molecule has 1 atom stereocenters. The van der Waals surface area contributed by atoms with Gasteiger partial charge in [0.25, 0.3) is 0 Å². The van der Waals surface area contributed by atoms with Gasteiger partial charge in [-0.3, -0.25) is 0 Å². The topological polar surface area (TPSA) is 81.4 Å². The Labute approximate surface area is 185 Å². The predicted octanol–water partition coefficient (Wildman–Crippen LogP) is 4.44. The number of aromatic nitrogens is 3. The van der Waals surface area contributed by atoms with E-state index in [1.807, 2.05) is 81.4 Å². The summed E-state index contributed by atoms with van der Waals surface area (Å²) in [4.78, 5) is 12.6. The molecule has 160 valence electrons. The maximum Gasteiger partial charge on any atom is 0.408 e. The molecule has 0 aliphatic carbocycles. The first kappa shape index (κ1) is 21.1. The Morgan fingerprint density at radius 1 is 1.10 bits per heavy atom. The Kier molecular flexibility index (Phi) is 6.08. The molecule has 0 spiro atoms. The van der Waals surface area contributed by atoms with E-state index in [0.29, 0.717) is 23.2 Å². The highest BCUT2D eigenvalue weighted by atomic mass is 32.2. The molecule has 1 aliphatic heterocycles. The van der Waals surface area contributed by atoms with Crippen LogP contribution in [0.5, 0.6) is 0 Å². The zero-order valence-corrected chi connectivity index (χ0v) is 18.6. The van der Waals surface area contributed by atoms with E-state index in [1.54, 1.807) is 16.4 Å². The van der Waals surface area contributed by atoms with Crippen molar-refractivity contribution in [1.29, 1.82) is 0 Å². The molecule has 1 amide bonds. The van der Waals surface area contributed by atoms with Crippen molar-refractivity contribution in [3.8, 4) is 0 Å². The molecule has 2 aromatic carbocycles. The number of hydrogen-bond donors (Lipinski definition) is 1. The molecule has 0 bridgehead atoms. The van der Waals surface area contributed by atoms with E-state index in [9.17, 15) is 4.79 Å². The van der Waals surface area contributed by atoms with Gasteiger partial charge in [-0.15, -0.1) is 10.2 Å². The Bertz CT molecular complexity index is 1070. The van der Waals surface area contributed by atoms with E-state index >= 15 is 0 Å². The fourth-order valence-electron chi connectivity index (χ4n) is 3.24. The molecular weight excluding hydrogens is 410 g/mol. The van der Waals surface area contributed by atoms with Crippen LogP contribution in [0.2, 0.25) is 0 Å². The minimum atomic E-state index is -0.597. The van der Waals surface area contributed by atoms with Gasteiger partial charge >= 0.3 is 6.09 Å². The maximum atomic E-state index is 12.6.